The van der Waals surface area contributed by atoms with Crippen LogP contribution in [0.2, 0.25) is 0 Å². The second-order valence-corrected chi connectivity index (χ2v) is 5.56. The molecule has 0 radical (unpaired) electrons. The van der Waals surface area contributed by atoms with Gasteiger partial charge < -0.3 is 0 Å². The molecule has 0 bridgehead atoms. The average Bonchev–Trinajstić information content (AvgIpc) is 2.38. The van der Waals surface area contributed by atoms with Crippen LogP contribution >= 0.6 is 0 Å². The molecule has 3 nitrogen and oxygen atoms in total. The van der Waals surface area contributed by atoms with E-state index in [1.54, 1.807) is 0 Å². The molecule has 0 aromatic heterocycles. The lowest BCUT2D eigenvalue weighted by Gasteiger charge is -2.04. The van der Waals surface area contributed by atoms with Gasteiger partial charge in [-0.05, 0) is 12.8 Å². The Morgan fingerprint density at radius 1 is 0.667 bits per heavy atom. The number of rotatable bonds is 14. The quantitative estimate of drug-likeness (QED) is 0.438. The second kappa shape index (κ2) is 15.1. The molecule has 4 heteroatoms. The van der Waals surface area contributed by atoms with Gasteiger partial charge in [-0.15, -0.1) is 0 Å². The van der Waals surface area contributed by atoms with E-state index >= 15 is 0 Å². The summed E-state index contributed by atoms with van der Waals surface area (Å²) in [5.41, 5.74) is 0. The highest BCUT2D eigenvalue weighted by Crippen LogP contribution is 2.07. The zero-order chi connectivity index (χ0) is 13.5. The Morgan fingerprint density at radius 3 is 1.61 bits per heavy atom. The molecular weight excluding hydrogens is 248 g/mol. The lowest BCUT2D eigenvalue weighted by Crippen LogP contribution is -2.04. The Morgan fingerprint density at radius 2 is 1.06 bits per heavy atom. The summed E-state index contributed by atoms with van der Waals surface area (Å²) >= 11 is -1.53. The van der Waals surface area contributed by atoms with Crippen LogP contribution in [0.3, 0.4) is 0 Å². The standard InChI is InChI=1S/C14H30O3S/c1-3-5-7-8-9-10-12-14-17-18(15)16-13-11-6-4-2/h3-14H2,1-2H3. The Balaban J connectivity index is 3.10. The van der Waals surface area contributed by atoms with Gasteiger partial charge in [0.1, 0.15) is 0 Å². The molecule has 0 saturated carbocycles. The first-order chi connectivity index (χ1) is 8.81. The SMILES string of the molecule is CCCCCCCCCOS(=O)OCCCCC. The minimum Gasteiger partial charge on any atom is -0.268 e. The molecule has 0 aromatic rings. The maximum atomic E-state index is 11.2. The maximum absolute atomic E-state index is 11.2. The first kappa shape index (κ1) is 18.1. The first-order valence-electron chi connectivity index (χ1n) is 7.49. The van der Waals surface area contributed by atoms with Crippen LogP contribution < -0.4 is 0 Å². The molecule has 0 aromatic carbocycles. The highest BCUT2D eigenvalue weighted by atomic mass is 32.2. The fourth-order valence-corrected chi connectivity index (χ4v) is 2.28. The topological polar surface area (TPSA) is 35.5 Å². The lowest BCUT2D eigenvalue weighted by atomic mass is 10.1. The summed E-state index contributed by atoms with van der Waals surface area (Å²) in [6.45, 7) is 5.45. The van der Waals surface area contributed by atoms with Gasteiger partial charge in [0.25, 0.3) is 0 Å². The molecule has 0 aliphatic rings. The minimum atomic E-state index is -1.53. The van der Waals surface area contributed by atoms with Crippen LogP contribution in [0.1, 0.15) is 78.1 Å². The molecule has 0 saturated heterocycles. The van der Waals surface area contributed by atoms with Crippen molar-refractivity contribution in [2.75, 3.05) is 13.2 Å². The molecule has 0 aliphatic heterocycles. The number of hydrogen-bond donors (Lipinski definition) is 0. The Kier molecular flexibility index (Phi) is 15.2. The third kappa shape index (κ3) is 14.1. The number of hydrogen-bond acceptors (Lipinski definition) is 3. The summed E-state index contributed by atoms with van der Waals surface area (Å²) in [6, 6.07) is 0. The molecule has 0 aliphatic carbocycles. The van der Waals surface area contributed by atoms with Gasteiger partial charge in [-0.3, -0.25) is 8.37 Å². The van der Waals surface area contributed by atoms with E-state index in [4.69, 9.17) is 8.37 Å². The van der Waals surface area contributed by atoms with Gasteiger partial charge in [0.2, 0.25) is 0 Å². The molecule has 0 spiro atoms. The molecule has 0 heterocycles. The smallest absolute Gasteiger partial charge is 0.268 e. The second-order valence-electron chi connectivity index (χ2n) is 4.68. The molecule has 0 fully saturated rings. The minimum absolute atomic E-state index is 0.539. The monoisotopic (exact) mass is 278 g/mol. The van der Waals surface area contributed by atoms with E-state index in [2.05, 4.69) is 13.8 Å². The van der Waals surface area contributed by atoms with Crippen LogP contribution in [0.5, 0.6) is 0 Å². The highest BCUT2D eigenvalue weighted by molar-refractivity contribution is 7.75. The van der Waals surface area contributed by atoms with Crippen LogP contribution in [0, 0.1) is 0 Å². The molecular formula is C14H30O3S. The fourth-order valence-electron chi connectivity index (χ4n) is 1.70. The average molecular weight is 278 g/mol. The van der Waals surface area contributed by atoms with Crippen molar-refractivity contribution >= 4 is 11.4 Å². The third-order valence-corrected chi connectivity index (χ3v) is 3.57. The summed E-state index contributed by atoms with van der Waals surface area (Å²) < 4.78 is 21.4. The van der Waals surface area contributed by atoms with E-state index < -0.39 is 11.4 Å². The third-order valence-electron chi connectivity index (χ3n) is 2.85. The van der Waals surface area contributed by atoms with Gasteiger partial charge in [-0.25, -0.2) is 0 Å². The van der Waals surface area contributed by atoms with Crippen molar-refractivity contribution in [1.29, 1.82) is 0 Å². The van der Waals surface area contributed by atoms with Crippen molar-refractivity contribution < 1.29 is 12.6 Å². The Bertz CT molecular complexity index is 186. The Hall–Kier alpha value is 0.0700. The van der Waals surface area contributed by atoms with Crippen LogP contribution in [0.15, 0.2) is 0 Å². The fraction of sp³-hybridized carbons (Fsp3) is 1.00. The lowest BCUT2D eigenvalue weighted by molar-refractivity contribution is 0.241. The van der Waals surface area contributed by atoms with Gasteiger partial charge in [-0.1, -0.05) is 65.2 Å². The van der Waals surface area contributed by atoms with E-state index in [9.17, 15) is 4.21 Å². The summed E-state index contributed by atoms with van der Waals surface area (Å²) in [5, 5.41) is 0. The van der Waals surface area contributed by atoms with Crippen LogP contribution in [-0.4, -0.2) is 17.4 Å². The molecule has 18 heavy (non-hydrogen) atoms. The van der Waals surface area contributed by atoms with E-state index in [0.29, 0.717) is 13.2 Å². The summed E-state index contributed by atoms with van der Waals surface area (Å²) in [5.74, 6) is 0. The molecule has 1 unspecified atom stereocenters. The van der Waals surface area contributed by atoms with Crippen molar-refractivity contribution in [2.24, 2.45) is 0 Å². The van der Waals surface area contributed by atoms with Crippen LogP contribution in [0.25, 0.3) is 0 Å². The summed E-state index contributed by atoms with van der Waals surface area (Å²) in [4.78, 5) is 0. The van der Waals surface area contributed by atoms with Crippen molar-refractivity contribution in [3.05, 3.63) is 0 Å². The van der Waals surface area contributed by atoms with E-state index in [1.165, 1.54) is 32.1 Å². The van der Waals surface area contributed by atoms with E-state index in [-0.39, 0.29) is 0 Å². The number of unbranched alkanes of at least 4 members (excludes halogenated alkanes) is 8. The van der Waals surface area contributed by atoms with E-state index in [1.807, 2.05) is 0 Å². The molecule has 110 valence electrons. The predicted octanol–water partition coefficient (Wildman–Crippen LogP) is 4.54. The zero-order valence-electron chi connectivity index (χ0n) is 12.1. The van der Waals surface area contributed by atoms with E-state index in [0.717, 1.165) is 32.1 Å². The normalized spacial score (nSPS) is 12.8. The largest absolute Gasteiger partial charge is 0.304 e. The first-order valence-corrected chi connectivity index (χ1v) is 8.49. The van der Waals surface area contributed by atoms with Gasteiger partial charge in [0, 0.05) is 0 Å². The summed E-state index contributed by atoms with van der Waals surface area (Å²) in [6.07, 6.45) is 11.9. The van der Waals surface area contributed by atoms with Crippen molar-refractivity contribution in [1.82, 2.24) is 0 Å². The van der Waals surface area contributed by atoms with Gasteiger partial charge in [0.15, 0.2) is 0 Å². The highest BCUT2D eigenvalue weighted by Gasteiger charge is 2.00. The van der Waals surface area contributed by atoms with Gasteiger partial charge in [0.05, 0.1) is 13.2 Å². The van der Waals surface area contributed by atoms with Crippen LogP contribution in [-0.2, 0) is 19.7 Å². The predicted molar refractivity (Wildman–Crippen MR) is 77.6 cm³/mol. The molecule has 0 rings (SSSR count). The molecule has 0 amide bonds. The Labute approximate surface area is 116 Å². The molecule has 1 atom stereocenters. The summed E-state index contributed by atoms with van der Waals surface area (Å²) in [7, 11) is 0. The molecule has 0 N–H and O–H groups in total. The zero-order valence-corrected chi connectivity index (χ0v) is 12.9. The van der Waals surface area contributed by atoms with Crippen molar-refractivity contribution in [2.45, 2.75) is 78.1 Å². The van der Waals surface area contributed by atoms with Crippen molar-refractivity contribution in [3.63, 3.8) is 0 Å². The van der Waals surface area contributed by atoms with Crippen molar-refractivity contribution in [3.8, 4) is 0 Å². The van der Waals surface area contributed by atoms with Gasteiger partial charge in [-0.2, -0.15) is 4.21 Å². The van der Waals surface area contributed by atoms with Gasteiger partial charge >= 0.3 is 11.4 Å². The maximum Gasteiger partial charge on any atom is 0.304 e. The van der Waals surface area contributed by atoms with Crippen LogP contribution in [0.4, 0.5) is 0 Å².